The first-order valence-corrected chi connectivity index (χ1v) is 10.3. The highest BCUT2D eigenvalue weighted by molar-refractivity contribution is 7.91. The Labute approximate surface area is 148 Å². The van der Waals surface area contributed by atoms with Crippen LogP contribution in [0.15, 0.2) is 30.3 Å². The van der Waals surface area contributed by atoms with Crippen molar-refractivity contribution in [3.8, 4) is 0 Å². The van der Waals surface area contributed by atoms with Crippen molar-refractivity contribution in [2.45, 2.75) is 25.2 Å². The van der Waals surface area contributed by atoms with E-state index in [4.69, 9.17) is 9.47 Å². The largest absolute Gasteiger partial charge is 0.445 e. The number of amides is 1. The van der Waals surface area contributed by atoms with Gasteiger partial charge in [0.05, 0.1) is 30.8 Å². The van der Waals surface area contributed by atoms with Gasteiger partial charge in [-0.05, 0) is 12.0 Å². The summed E-state index contributed by atoms with van der Waals surface area (Å²) in [6, 6.07) is 9.53. The molecule has 1 N–H and O–H groups in total. The molecule has 3 rings (SSSR count). The summed E-state index contributed by atoms with van der Waals surface area (Å²) in [5.41, 5.74) is 0.949. The minimum Gasteiger partial charge on any atom is -0.445 e. The first-order chi connectivity index (χ1) is 12.0. The fourth-order valence-electron chi connectivity index (χ4n) is 3.07. The summed E-state index contributed by atoms with van der Waals surface area (Å²) >= 11 is 0. The van der Waals surface area contributed by atoms with Crippen LogP contribution in [0.5, 0.6) is 0 Å². The van der Waals surface area contributed by atoms with Crippen LogP contribution in [0.1, 0.15) is 12.0 Å². The number of rotatable bonds is 5. The molecule has 2 atom stereocenters. The molecule has 0 radical (unpaired) electrons. The van der Waals surface area contributed by atoms with Crippen LogP contribution in [0.25, 0.3) is 0 Å². The summed E-state index contributed by atoms with van der Waals surface area (Å²) in [5, 5.41) is 3.24. The average molecular weight is 368 g/mol. The van der Waals surface area contributed by atoms with E-state index < -0.39 is 9.84 Å². The molecule has 0 saturated carbocycles. The molecule has 2 aliphatic rings. The summed E-state index contributed by atoms with van der Waals surface area (Å²) in [6.45, 7) is 2.18. The maximum Gasteiger partial charge on any atom is 0.410 e. The Bertz CT molecular complexity index is 680. The molecule has 1 aromatic carbocycles. The van der Waals surface area contributed by atoms with E-state index in [1.807, 2.05) is 30.3 Å². The Hall–Kier alpha value is -1.64. The van der Waals surface area contributed by atoms with Gasteiger partial charge in [-0.3, -0.25) is 0 Å². The Morgan fingerprint density at radius 2 is 2.12 bits per heavy atom. The fourth-order valence-corrected chi connectivity index (χ4v) is 4.78. The number of sulfone groups is 1. The van der Waals surface area contributed by atoms with E-state index in [2.05, 4.69) is 5.32 Å². The standard InChI is InChI=1S/C17H24N2O5S/c20-17(24-12-14-4-2-1-3-5-14)19-7-8-23-16(11-19)10-18-15-6-9-25(21,22)13-15/h1-5,15-16,18H,6-13H2. The van der Waals surface area contributed by atoms with Crippen LogP contribution in [0.4, 0.5) is 4.79 Å². The molecule has 1 amide bonds. The van der Waals surface area contributed by atoms with Gasteiger partial charge >= 0.3 is 6.09 Å². The summed E-state index contributed by atoms with van der Waals surface area (Å²) < 4.78 is 34.0. The Balaban J connectivity index is 1.42. The van der Waals surface area contributed by atoms with Gasteiger partial charge in [0.1, 0.15) is 6.61 Å². The summed E-state index contributed by atoms with van der Waals surface area (Å²) in [4.78, 5) is 13.9. The molecule has 2 aliphatic heterocycles. The van der Waals surface area contributed by atoms with Crippen LogP contribution in [0.2, 0.25) is 0 Å². The third kappa shape index (κ3) is 5.42. The Morgan fingerprint density at radius 3 is 2.84 bits per heavy atom. The van der Waals surface area contributed by atoms with Crippen molar-refractivity contribution in [1.29, 1.82) is 0 Å². The van der Waals surface area contributed by atoms with Gasteiger partial charge in [-0.15, -0.1) is 0 Å². The predicted molar refractivity (Wildman–Crippen MR) is 93.0 cm³/mol. The van der Waals surface area contributed by atoms with Gasteiger partial charge in [-0.2, -0.15) is 0 Å². The molecule has 25 heavy (non-hydrogen) atoms. The molecule has 138 valence electrons. The molecule has 2 unspecified atom stereocenters. The number of benzene rings is 1. The maximum atomic E-state index is 12.2. The van der Waals surface area contributed by atoms with E-state index in [9.17, 15) is 13.2 Å². The van der Waals surface area contributed by atoms with E-state index in [1.165, 1.54) is 0 Å². The lowest BCUT2D eigenvalue weighted by Crippen LogP contribution is -2.50. The summed E-state index contributed by atoms with van der Waals surface area (Å²) in [5.74, 6) is 0.427. The van der Waals surface area contributed by atoms with Gasteiger partial charge in [-0.1, -0.05) is 30.3 Å². The van der Waals surface area contributed by atoms with E-state index in [1.54, 1.807) is 4.90 Å². The molecule has 2 heterocycles. The lowest BCUT2D eigenvalue weighted by atomic mass is 10.2. The van der Waals surface area contributed by atoms with Crippen molar-refractivity contribution in [3.63, 3.8) is 0 Å². The molecule has 0 bridgehead atoms. The third-order valence-electron chi connectivity index (χ3n) is 4.47. The van der Waals surface area contributed by atoms with Gasteiger partial charge in [0.2, 0.25) is 0 Å². The van der Waals surface area contributed by atoms with Crippen LogP contribution < -0.4 is 5.32 Å². The number of nitrogens with one attached hydrogen (secondary N) is 1. The van der Waals surface area contributed by atoms with Crippen molar-refractivity contribution in [3.05, 3.63) is 35.9 Å². The zero-order chi connectivity index (χ0) is 17.7. The average Bonchev–Trinajstić information content (AvgIpc) is 2.98. The quantitative estimate of drug-likeness (QED) is 0.828. The van der Waals surface area contributed by atoms with Crippen LogP contribution in [-0.2, 0) is 25.9 Å². The number of nitrogens with zero attached hydrogens (tertiary/aromatic N) is 1. The SMILES string of the molecule is O=C(OCc1ccccc1)N1CCOC(CNC2CCS(=O)(=O)C2)C1. The number of hydrogen-bond donors (Lipinski definition) is 1. The second kappa shape index (κ2) is 8.16. The van der Waals surface area contributed by atoms with Crippen molar-refractivity contribution < 1.29 is 22.7 Å². The van der Waals surface area contributed by atoms with Crippen LogP contribution >= 0.6 is 0 Å². The Kier molecular flexibility index (Phi) is 5.93. The molecular formula is C17H24N2O5S. The topological polar surface area (TPSA) is 84.9 Å². The molecule has 0 spiro atoms. The van der Waals surface area contributed by atoms with Crippen molar-refractivity contribution in [1.82, 2.24) is 10.2 Å². The highest BCUT2D eigenvalue weighted by Gasteiger charge is 2.30. The summed E-state index contributed by atoms with van der Waals surface area (Å²) in [6.07, 6.45) is 0.139. The van der Waals surface area contributed by atoms with E-state index in [0.29, 0.717) is 32.7 Å². The minimum absolute atomic E-state index is 0.0194. The zero-order valence-electron chi connectivity index (χ0n) is 14.1. The van der Waals surface area contributed by atoms with Crippen LogP contribution in [-0.4, -0.2) is 69.3 Å². The number of hydrogen-bond acceptors (Lipinski definition) is 6. The predicted octanol–water partition coefficient (Wildman–Crippen LogP) is 0.801. The lowest BCUT2D eigenvalue weighted by molar-refractivity contribution is -0.0277. The molecule has 2 saturated heterocycles. The molecular weight excluding hydrogens is 344 g/mol. The van der Waals surface area contributed by atoms with Crippen molar-refractivity contribution in [2.24, 2.45) is 0 Å². The molecule has 1 aromatic rings. The minimum atomic E-state index is -2.89. The number of carbonyl (C=O) groups excluding carboxylic acids is 1. The van der Waals surface area contributed by atoms with Gasteiger partial charge in [0.25, 0.3) is 0 Å². The van der Waals surface area contributed by atoms with Gasteiger partial charge < -0.3 is 19.7 Å². The normalized spacial score (nSPS) is 25.7. The van der Waals surface area contributed by atoms with E-state index in [-0.39, 0.29) is 36.4 Å². The molecule has 8 heteroatoms. The highest BCUT2D eigenvalue weighted by Crippen LogP contribution is 2.13. The molecule has 0 aliphatic carbocycles. The fraction of sp³-hybridized carbons (Fsp3) is 0.588. The number of morpholine rings is 1. The van der Waals surface area contributed by atoms with E-state index in [0.717, 1.165) is 5.56 Å². The van der Waals surface area contributed by atoms with Gasteiger partial charge in [-0.25, -0.2) is 13.2 Å². The van der Waals surface area contributed by atoms with Gasteiger partial charge in [0, 0.05) is 19.1 Å². The smallest absolute Gasteiger partial charge is 0.410 e. The van der Waals surface area contributed by atoms with Crippen LogP contribution in [0, 0.1) is 0 Å². The molecule has 7 nitrogen and oxygen atoms in total. The van der Waals surface area contributed by atoms with E-state index >= 15 is 0 Å². The monoisotopic (exact) mass is 368 g/mol. The Morgan fingerprint density at radius 1 is 1.32 bits per heavy atom. The zero-order valence-corrected chi connectivity index (χ0v) is 14.9. The lowest BCUT2D eigenvalue weighted by Gasteiger charge is -2.32. The molecule has 0 aromatic heterocycles. The first kappa shape index (κ1) is 18.2. The van der Waals surface area contributed by atoms with Crippen LogP contribution in [0.3, 0.4) is 0 Å². The molecule has 2 fully saturated rings. The van der Waals surface area contributed by atoms with Crippen molar-refractivity contribution in [2.75, 3.05) is 37.7 Å². The second-order valence-corrected chi connectivity index (χ2v) is 8.72. The first-order valence-electron chi connectivity index (χ1n) is 8.53. The number of carbonyl (C=O) groups is 1. The summed E-state index contributed by atoms with van der Waals surface area (Å²) in [7, 11) is -2.89. The van der Waals surface area contributed by atoms with Crippen molar-refractivity contribution >= 4 is 15.9 Å². The number of ether oxygens (including phenoxy) is 2. The maximum absolute atomic E-state index is 12.2. The third-order valence-corrected chi connectivity index (χ3v) is 6.24. The second-order valence-electron chi connectivity index (χ2n) is 6.49. The highest BCUT2D eigenvalue weighted by atomic mass is 32.2. The van der Waals surface area contributed by atoms with Gasteiger partial charge in [0.15, 0.2) is 9.84 Å².